The average Bonchev–Trinajstić information content (AvgIpc) is 4.17. The Morgan fingerprint density at radius 2 is 0.642 bits per heavy atom. The van der Waals surface area contributed by atoms with E-state index in [0.717, 1.165) is 66.5 Å². The van der Waals surface area contributed by atoms with E-state index in [2.05, 4.69) is 172 Å². The quantitative estimate of drug-likeness (QED) is 0.0291. The summed E-state index contributed by atoms with van der Waals surface area (Å²) < 4.78 is 0. The van der Waals surface area contributed by atoms with Crippen LogP contribution in [-0.2, 0) is 0 Å². The van der Waals surface area contributed by atoms with Crippen molar-refractivity contribution in [2.75, 3.05) is 21.3 Å². The number of aromatic nitrogens is 8. The van der Waals surface area contributed by atoms with Crippen molar-refractivity contribution in [2.45, 2.75) is 159 Å². The van der Waals surface area contributed by atoms with Crippen molar-refractivity contribution in [2.24, 2.45) is 20.1 Å². The second-order valence-corrected chi connectivity index (χ2v) is 22.8. The van der Waals surface area contributed by atoms with Gasteiger partial charge in [0.1, 0.15) is 22.6 Å². The van der Waals surface area contributed by atoms with Gasteiger partial charge in [0, 0.05) is 115 Å². The monoisotopic (exact) mass is 1090 g/mol. The lowest BCUT2D eigenvalue weighted by Gasteiger charge is -2.16. The number of nitrogens with one attached hydrogen (secondary N) is 11. The largest absolute Gasteiger partial charge is 0.354 e. The number of rotatable bonds is 13. The average molecular weight is 1090 g/mol. The number of aliphatic imine (C=N–C) groups is 3. The first-order valence-electron chi connectivity index (χ1n) is 28.2. The third-order valence-electron chi connectivity index (χ3n) is 12.2. The number of aromatic amines is 2. The summed E-state index contributed by atoms with van der Waals surface area (Å²) >= 11 is 0. The molecule has 424 valence electrons. The van der Waals surface area contributed by atoms with Gasteiger partial charge in [-0.2, -0.15) is 0 Å². The first kappa shape index (κ1) is 56.8. The number of benzene rings is 4. The van der Waals surface area contributed by atoms with Crippen LogP contribution >= 0.6 is 0 Å². The highest BCUT2D eigenvalue weighted by Crippen LogP contribution is 2.39. The number of H-pyrrole nitrogens is 2. The van der Waals surface area contributed by atoms with E-state index < -0.39 is 0 Å². The van der Waals surface area contributed by atoms with Crippen LogP contribution in [-0.4, -0.2) is 112 Å². The van der Waals surface area contributed by atoms with Crippen molar-refractivity contribution in [3.8, 4) is 45.6 Å². The van der Waals surface area contributed by atoms with Gasteiger partial charge in [0.2, 0.25) is 5.96 Å². The molecule has 0 fully saturated rings. The zero-order chi connectivity index (χ0) is 57.8. The predicted octanol–water partition coefficient (Wildman–Crippen LogP) is 11.1. The van der Waals surface area contributed by atoms with Crippen LogP contribution in [0.25, 0.3) is 89.7 Å². The van der Waals surface area contributed by atoms with Crippen LogP contribution in [0.15, 0.2) is 92.9 Å². The second kappa shape index (κ2) is 24.2. The molecule has 7 aromatic rings. The molecule has 0 saturated carbocycles. The van der Waals surface area contributed by atoms with Crippen molar-refractivity contribution < 1.29 is 0 Å². The van der Waals surface area contributed by atoms with Gasteiger partial charge in [0.25, 0.3) is 0 Å². The summed E-state index contributed by atoms with van der Waals surface area (Å²) in [5, 5.41) is 35.9. The fourth-order valence-corrected chi connectivity index (χ4v) is 9.13. The topological polar surface area (TPSA) is 267 Å². The molecule has 21 heteroatoms. The van der Waals surface area contributed by atoms with Gasteiger partial charge >= 0.3 is 0 Å². The summed E-state index contributed by atoms with van der Waals surface area (Å²) in [4.78, 5) is 53.9. The highest BCUT2D eigenvalue weighted by molar-refractivity contribution is 6.10. The fraction of sp³-hybridized carbons (Fsp3) is 0.400. The molecule has 0 saturated heterocycles. The van der Waals surface area contributed by atoms with E-state index in [1.807, 2.05) is 74.5 Å². The van der Waals surface area contributed by atoms with E-state index in [1.165, 1.54) is 0 Å². The van der Waals surface area contributed by atoms with Crippen molar-refractivity contribution in [3.63, 3.8) is 0 Å². The van der Waals surface area contributed by atoms with Crippen LogP contribution in [0, 0.1) is 0 Å². The van der Waals surface area contributed by atoms with Crippen molar-refractivity contribution in [3.05, 3.63) is 72.8 Å². The minimum atomic E-state index is 0.0513. The third-order valence-corrected chi connectivity index (χ3v) is 12.2. The Hall–Kier alpha value is -8.88. The predicted molar refractivity (Wildman–Crippen MR) is 337 cm³/mol. The maximum atomic E-state index is 5.39. The van der Waals surface area contributed by atoms with Gasteiger partial charge in [-0.05, 0) is 184 Å². The lowest BCUT2D eigenvalue weighted by molar-refractivity contribution is 0.611. The molecule has 4 aromatic carbocycles. The van der Waals surface area contributed by atoms with Gasteiger partial charge in [-0.15, -0.1) is 5.10 Å². The molecule has 0 radical (unpaired) electrons. The number of guanidine groups is 4. The molecular formula is C60H79N21. The molecule has 0 unspecified atom stereocenters. The van der Waals surface area contributed by atoms with Gasteiger partial charge in [-0.25, -0.2) is 29.9 Å². The first-order valence-corrected chi connectivity index (χ1v) is 28.2. The second-order valence-electron chi connectivity index (χ2n) is 22.8. The molecule has 2 aliphatic rings. The van der Waals surface area contributed by atoms with Crippen molar-refractivity contribution >= 4 is 90.7 Å². The molecule has 3 aromatic heterocycles. The Morgan fingerprint density at radius 1 is 0.333 bits per heavy atom. The Labute approximate surface area is 474 Å². The summed E-state index contributed by atoms with van der Waals surface area (Å²) in [6.07, 6.45) is 0. The molecule has 0 aliphatic carbocycles. The van der Waals surface area contributed by atoms with Crippen LogP contribution < -0.4 is 48.0 Å². The Balaban J connectivity index is 1.34. The molecular weight excluding hydrogens is 1010 g/mol. The summed E-state index contributed by atoms with van der Waals surface area (Å²) in [6.45, 7) is 33.1. The summed E-state index contributed by atoms with van der Waals surface area (Å²) in [5.41, 5.74) is 11.7. The normalized spacial score (nSPS) is 13.1. The molecule has 5 heterocycles. The van der Waals surface area contributed by atoms with Crippen molar-refractivity contribution in [1.82, 2.24) is 66.6 Å². The molecule has 11 N–H and O–H groups in total. The molecule has 81 heavy (non-hydrogen) atoms. The number of hydrogen-bond donors (Lipinski definition) is 11. The Morgan fingerprint density at radius 3 is 0.988 bits per heavy atom. The number of hydrogen-bond acceptors (Lipinski definition) is 11. The Bertz CT molecular complexity index is 3700. The molecule has 0 spiro atoms. The van der Waals surface area contributed by atoms with Crippen LogP contribution in [0.4, 0.5) is 22.7 Å². The van der Waals surface area contributed by atoms with E-state index in [9.17, 15) is 0 Å². The molecule has 2 aliphatic heterocycles. The first-order chi connectivity index (χ1) is 38.6. The molecule has 8 bridgehead atoms. The standard InChI is InChI=1S/C60H79N21/c1-29(2)61-57(62-30(3)4)68-37-17-21-41-45(25-37)53-72-49(41)74-54-47-27-39(70-59(65-33(9)10)66-34(11)12)19-23-43(47)51(76-54)78-56-48-28-40(71-60(67-35(13)14)81-80-36(15)16)20-24-44(48)52(79-56)77-55-46-26-38(18-22-42(46)50(73-53)75-55)69-58(63-31(5)6)64-32(7)8/h17-36,80H,1-16H3,(H2,61,62,68)(H2,63,64,69)(H2,65,66,70)(H2,67,71,81)(H2,72,73,74,75,76,77,78,79). The summed E-state index contributed by atoms with van der Waals surface area (Å²) in [5.74, 6) is 4.39. The maximum Gasteiger partial charge on any atom is 0.218 e. The van der Waals surface area contributed by atoms with Gasteiger partial charge in [-0.3, -0.25) is 15.0 Å². The van der Waals surface area contributed by atoms with E-state index in [0.29, 0.717) is 69.7 Å². The minimum Gasteiger partial charge on any atom is -0.354 e. The molecule has 0 atom stereocenters. The summed E-state index contributed by atoms with van der Waals surface area (Å²) in [6, 6.07) is 25.2. The van der Waals surface area contributed by atoms with Crippen molar-refractivity contribution in [1.29, 1.82) is 0 Å². The van der Waals surface area contributed by atoms with Gasteiger partial charge in [0.15, 0.2) is 41.2 Å². The number of anilines is 4. The fourth-order valence-electron chi connectivity index (χ4n) is 9.13. The third kappa shape index (κ3) is 13.9. The smallest absolute Gasteiger partial charge is 0.218 e. The zero-order valence-electron chi connectivity index (χ0n) is 49.5. The van der Waals surface area contributed by atoms with Gasteiger partial charge in [-0.1, -0.05) is 0 Å². The van der Waals surface area contributed by atoms with Gasteiger partial charge in [0.05, 0.1) is 0 Å². The SMILES string of the molecule is CC(C)N=C(Nc1ccc2c(c1)-c1nc-2nc2[nH]c(nc3nc(nc4[nH]c(n1)c1ccc(NC(=NC(C)C)NC(C)C)cc41)-c1ccc(N/C(=N\NC(C)C)NC(C)C)cc1-3)c1ccc(NC(=NC(C)C)NC(C)C)cc21)NC(C)C. The van der Waals surface area contributed by atoms with Crippen LogP contribution in [0.1, 0.15) is 111 Å². The Kier molecular flexibility index (Phi) is 17.0. The van der Waals surface area contributed by atoms with E-state index in [4.69, 9.17) is 44.9 Å². The highest BCUT2D eigenvalue weighted by Gasteiger charge is 2.25. The van der Waals surface area contributed by atoms with E-state index >= 15 is 0 Å². The molecule has 0 amide bonds. The van der Waals surface area contributed by atoms with E-state index in [-0.39, 0.29) is 48.3 Å². The summed E-state index contributed by atoms with van der Waals surface area (Å²) in [7, 11) is 0. The molecule has 9 rings (SSSR count). The number of fused-ring (bicyclic) bond motifs is 20. The van der Waals surface area contributed by atoms with Crippen LogP contribution in [0.5, 0.6) is 0 Å². The zero-order valence-corrected chi connectivity index (χ0v) is 49.5. The molecule has 21 nitrogen and oxygen atoms in total. The lowest BCUT2D eigenvalue weighted by Crippen LogP contribution is -2.38. The number of hydrazone groups is 1. The van der Waals surface area contributed by atoms with Crippen LogP contribution in [0.2, 0.25) is 0 Å². The highest BCUT2D eigenvalue weighted by atomic mass is 15.4. The van der Waals surface area contributed by atoms with E-state index in [1.54, 1.807) is 0 Å². The van der Waals surface area contributed by atoms with Crippen LogP contribution in [0.3, 0.4) is 0 Å². The minimum absolute atomic E-state index is 0.0513. The maximum absolute atomic E-state index is 5.39. The lowest BCUT2D eigenvalue weighted by atomic mass is 10.1. The number of nitrogens with zero attached hydrogens (tertiary/aromatic N) is 10. The van der Waals surface area contributed by atoms with Gasteiger partial charge < -0.3 is 57.9 Å².